The van der Waals surface area contributed by atoms with Gasteiger partial charge in [-0.3, -0.25) is 4.79 Å². The molecule has 0 fully saturated rings. The number of carbonyl (C=O) groups is 2. The Balaban J connectivity index is 1.75. The van der Waals surface area contributed by atoms with Crippen LogP contribution in [0.15, 0.2) is 30.3 Å². The molecule has 2 aromatic rings. The highest BCUT2D eigenvalue weighted by Gasteiger charge is 2.15. The van der Waals surface area contributed by atoms with Gasteiger partial charge < -0.3 is 19.7 Å². The topological polar surface area (TPSA) is 93.1 Å². The predicted octanol–water partition coefficient (Wildman–Crippen LogP) is 5.32. The third kappa shape index (κ3) is 5.99. The van der Waals surface area contributed by atoms with Crippen molar-refractivity contribution in [2.75, 3.05) is 13.2 Å². The number of hydrogen-bond donors (Lipinski definition) is 2. The van der Waals surface area contributed by atoms with Crippen LogP contribution >= 0.6 is 0 Å². The number of rotatable bonds is 12. The number of aromatic carboxylic acids is 1. The van der Waals surface area contributed by atoms with E-state index in [9.17, 15) is 14.7 Å². The molecule has 0 aromatic heterocycles. The molecule has 0 unspecified atom stereocenters. The van der Waals surface area contributed by atoms with Crippen molar-refractivity contribution in [3.8, 4) is 17.2 Å². The van der Waals surface area contributed by atoms with Gasteiger partial charge in [0.15, 0.2) is 5.78 Å². The Morgan fingerprint density at radius 3 is 2.10 bits per heavy atom. The van der Waals surface area contributed by atoms with Crippen molar-refractivity contribution in [1.29, 1.82) is 0 Å². The molecule has 162 valence electrons. The van der Waals surface area contributed by atoms with Crippen LogP contribution in [0.1, 0.15) is 70.9 Å². The van der Waals surface area contributed by atoms with Gasteiger partial charge >= 0.3 is 5.97 Å². The Labute approximate surface area is 177 Å². The van der Waals surface area contributed by atoms with E-state index in [1.54, 1.807) is 44.2 Å². The van der Waals surface area contributed by atoms with Crippen molar-refractivity contribution >= 4 is 11.8 Å². The average Bonchev–Trinajstić information content (AvgIpc) is 2.71. The smallest absolute Gasteiger partial charge is 0.336 e. The van der Waals surface area contributed by atoms with Crippen molar-refractivity contribution in [2.24, 2.45) is 0 Å². The first kappa shape index (κ1) is 23.3. The molecule has 2 aromatic carbocycles. The molecule has 2 N–H and O–H groups in total. The molecule has 0 aliphatic heterocycles. The Hall–Kier alpha value is -3.02. The van der Waals surface area contributed by atoms with Gasteiger partial charge in [0.05, 0.1) is 24.3 Å². The van der Waals surface area contributed by atoms with E-state index < -0.39 is 5.97 Å². The van der Waals surface area contributed by atoms with Gasteiger partial charge in [-0.2, -0.15) is 0 Å². The van der Waals surface area contributed by atoms with Gasteiger partial charge in [0.1, 0.15) is 17.2 Å². The van der Waals surface area contributed by atoms with E-state index in [0.717, 1.165) is 25.7 Å². The number of carboxylic acids is 1. The Morgan fingerprint density at radius 2 is 1.50 bits per heavy atom. The van der Waals surface area contributed by atoms with Crippen molar-refractivity contribution < 1.29 is 29.3 Å². The van der Waals surface area contributed by atoms with Crippen LogP contribution in [0.2, 0.25) is 0 Å². The summed E-state index contributed by atoms with van der Waals surface area (Å²) in [5.41, 5.74) is 1.81. The molecule has 0 saturated carbocycles. The highest BCUT2D eigenvalue weighted by Crippen LogP contribution is 2.31. The number of carbonyl (C=O) groups excluding carboxylic acids is 1. The van der Waals surface area contributed by atoms with E-state index in [2.05, 4.69) is 0 Å². The van der Waals surface area contributed by atoms with Crippen LogP contribution in [0.4, 0.5) is 0 Å². The minimum absolute atomic E-state index is 0.00156. The summed E-state index contributed by atoms with van der Waals surface area (Å²) >= 11 is 0. The molecule has 0 aliphatic carbocycles. The number of ketones is 1. The van der Waals surface area contributed by atoms with Crippen LogP contribution < -0.4 is 9.47 Å². The summed E-state index contributed by atoms with van der Waals surface area (Å²) in [7, 11) is 0. The highest BCUT2D eigenvalue weighted by atomic mass is 16.5. The molecule has 0 heterocycles. The fraction of sp³-hybridized carbons (Fsp3) is 0.417. The van der Waals surface area contributed by atoms with Gasteiger partial charge in [-0.1, -0.05) is 13.0 Å². The Morgan fingerprint density at radius 1 is 0.867 bits per heavy atom. The quantitative estimate of drug-likeness (QED) is 0.361. The van der Waals surface area contributed by atoms with Crippen LogP contribution in [0.25, 0.3) is 0 Å². The molecule has 0 radical (unpaired) electrons. The van der Waals surface area contributed by atoms with Gasteiger partial charge in [0.2, 0.25) is 0 Å². The minimum Gasteiger partial charge on any atom is -0.507 e. The summed E-state index contributed by atoms with van der Waals surface area (Å²) in [5.74, 6) is 0.152. The van der Waals surface area contributed by atoms with Crippen LogP contribution in [-0.2, 0) is 0 Å². The molecule has 0 saturated heterocycles. The number of aromatic hydroxyl groups is 1. The normalized spacial score (nSPS) is 10.6. The van der Waals surface area contributed by atoms with Crippen LogP contribution in [0, 0.1) is 13.8 Å². The zero-order chi connectivity index (χ0) is 22.1. The second-order valence-corrected chi connectivity index (χ2v) is 7.25. The molecule has 6 heteroatoms. The van der Waals surface area contributed by atoms with E-state index in [4.69, 9.17) is 14.6 Å². The lowest BCUT2D eigenvalue weighted by atomic mass is 10.0. The first-order chi connectivity index (χ1) is 14.4. The molecule has 0 spiro atoms. The van der Waals surface area contributed by atoms with E-state index in [1.165, 1.54) is 0 Å². The maximum atomic E-state index is 12.0. The minimum atomic E-state index is -0.959. The van der Waals surface area contributed by atoms with Crippen molar-refractivity contribution in [2.45, 2.75) is 52.9 Å². The lowest BCUT2D eigenvalue weighted by molar-refractivity contribution is 0.0695. The maximum absolute atomic E-state index is 12.0. The summed E-state index contributed by atoms with van der Waals surface area (Å²) in [6.45, 7) is 6.41. The van der Waals surface area contributed by atoms with Gasteiger partial charge in [0.25, 0.3) is 0 Å². The van der Waals surface area contributed by atoms with Gasteiger partial charge in [-0.05, 0) is 63.8 Å². The summed E-state index contributed by atoms with van der Waals surface area (Å²) < 4.78 is 11.5. The average molecular weight is 414 g/mol. The second kappa shape index (κ2) is 11.2. The van der Waals surface area contributed by atoms with E-state index in [0.29, 0.717) is 47.8 Å². The van der Waals surface area contributed by atoms with Gasteiger partial charge in [0, 0.05) is 17.5 Å². The van der Waals surface area contributed by atoms with Crippen LogP contribution in [0.3, 0.4) is 0 Å². The number of unbranched alkanes of at least 4 members (excludes halogenated alkanes) is 2. The van der Waals surface area contributed by atoms with Crippen molar-refractivity contribution in [1.82, 2.24) is 0 Å². The molecule has 2 rings (SSSR count). The fourth-order valence-corrected chi connectivity index (χ4v) is 3.17. The molecule has 0 amide bonds. The Bertz CT molecular complexity index is 888. The number of phenols is 1. The van der Waals surface area contributed by atoms with Gasteiger partial charge in [-0.25, -0.2) is 4.79 Å². The summed E-state index contributed by atoms with van der Waals surface area (Å²) in [5, 5.41) is 19.4. The maximum Gasteiger partial charge on any atom is 0.336 e. The molecule has 0 atom stereocenters. The number of phenolic OH excluding ortho intramolecular Hbond substituents is 1. The lowest BCUT2D eigenvalue weighted by Gasteiger charge is -2.13. The van der Waals surface area contributed by atoms with Crippen LogP contribution in [0.5, 0.6) is 17.2 Å². The fourth-order valence-electron chi connectivity index (χ4n) is 3.17. The molecule has 6 nitrogen and oxygen atoms in total. The molecular weight excluding hydrogens is 384 g/mol. The lowest BCUT2D eigenvalue weighted by Crippen LogP contribution is -2.05. The summed E-state index contributed by atoms with van der Waals surface area (Å²) in [6, 6.07) is 8.37. The molecule has 0 aliphatic rings. The van der Waals surface area contributed by atoms with Crippen molar-refractivity contribution in [3.05, 3.63) is 52.6 Å². The van der Waals surface area contributed by atoms with E-state index >= 15 is 0 Å². The largest absolute Gasteiger partial charge is 0.507 e. The zero-order valence-corrected chi connectivity index (χ0v) is 17.9. The molecular formula is C24H30O6. The number of Topliss-reactive ketones (excluding diaryl/α,β-unsaturated/α-hetero) is 1. The van der Waals surface area contributed by atoms with E-state index in [1.807, 2.05) is 6.92 Å². The number of ether oxygens (including phenoxy) is 2. The molecule has 30 heavy (non-hydrogen) atoms. The Kier molecular flexibility index (Phi) is 8.71. The second-order valence-electron chi connectivity index (χ2n) is 7.25. The molecule has 0 bridgehead atoms. The standard InChI is InChI=1S/C24H30O6/c1-4-9-20(25)19-12-13-22(17(3)23(19)26)30-15-7-5-6-14-29-21-11-8-10-18(16(21)2)24(27)28/h8,10-13,26H,4-7,9,14-15H2,1-3H3,(H,27,28). The van der Waals surface area contributed by atoms with Crippen LogP contribution in [-0.4, -0.2) is 35.2 Å². The number of carboxylic acid groups (broad SMARTS) is 1. The first-order valence-electron chi connectivity index (χ1n) is 10.3. The highest BCUT2D eigenvalue weighted by molar-refractivity contribution is 5.99. The number of benzene rings is 2. The summed E-state index contributed by atoms with van der Waals surface area (Å²) in [6.07, 6.45) is 3.66. The van der Waals surface area contributed by atoms with E-state index in [-0.39, 0.29) is 17.1 Å². The van der Waals surface area contributed by atoms with Crippen molar-refractivity contribution in [3.63, 3.8) is 0 Å². The first-order valence-corrected chi connectivity index (χ1v) is 10.3. The third-order valence-electron chi connectivity index (χ3n) is 4.98. The number of hydrogen-bond acceptors (Lipinski definition) is 5. The predicted molar refractivity (Wildman–Crippen MR) is 115 cm³/mol. The third-order valence-corrected chi connectivity index (χ3v) is 4.98. The van der Waals surface area contributed by atoms with Gasteiger partial charge in [-0.15, -0.1) is 0 Å². The monoisotopic (exact) mass is 414 g/mol. The zero-order valence-electron chi connectivity index (χ0n) is 17.9. The SMILES string of the molecule is CCCC(=O)c1ccc(OCCCCCOc2cccc(C(=O)O)c2C)c(C)c1O. The summed E-state index contributed by atoms with van der Waals surface area (Å²) in [4.78, 5) is 23.2.